The zero-order valence-corrected chi connectivity index (χ0v) is 19.6. The van der Waals surface area contributed by atoms with E-state index >= 15 is 0 Å². The van der Waals surface area contributed by atoms with Crippen molar-refractivity contribution in [2.75, 3.05) is 44.7 Å². The summed E-state index contributed by atoms with van der Waals surface area (Å²) in [6.07, 6.45) is -4.49. The first-order valence-corrected chi connectivity index (χ1v) is 11.3. The lowest BCUT2D eigenvalue weighted by Gasteiger charge is -2.35. The van der Waals surface area contributed by atoms with Crippen LogP contribution in [0.4, 0.5) is 19.0 Å². The summed E-state index contributed by atoms with van der Waals surface area (Å²) in [4.78, 5) is 16.1. The van der Waals surface area contributed by atoms with Gasteiger partial charge in [-0.2, -0.15) is 13.2 Å². The smallest absolute Gasteiger partial charge is 0.405 e. The van der Waals surface area contributed by atoms with Gasteiger partial charge in [-0.05, 0) is 41.5 Å². The van der Waals surface area contributed by atoms with Gasteiger partial charge in [-0.3, -0.25) is 9.69 Å². The monoisotopic (exact) mass is 501 g/mol. The predicted octanol–water partition coefficient (Wildman–Crippen LogP) is 3.47. The molecule has 0 unspecified atom stereocenters. The molecule has 2 aromatic carbocycles. The number of rotatable bonds is 7. The number of hydrogen-bond donors (Lipinski definition) is 2. The number of aromatic nitrogens is 2. The van der Waals surface area contributed by atoms with Crippen molar-refractivity contribution < 1.29 is 27.8 Å². The van der Waals surface area contributed by atoms with Gasteiger partial charge in [0.05, 0.1) is 7.11 Å². The number of methoxy groups -OCH3 is 1. The second-order valence-corrected chi connectivity index (χ2v) is 8.41. The Bertz CT molecular complexity index is 1200. The van der Waals surface area contributed by atoms with E-state index in [-0.39, 0.29) is 11.4 Å². The molecule has 0 saturated carbocycles. The van der Waals surface area contributed by atoms with Crippen LogP contribution in [-0.2, 0) is 6.54 Å². The number of benzene rings is 2. The van der Waals surface area contributed by atoms with Crippen LogP contribution < -0.4 is 15.0 Å². The van der Waals surface area contributed by atoms with Crippen LogP contribution in [0.25, 0.3) is 11.1 Å². The number of amides is 1. The summed E-state index contributed by atoms with van der Waals surface area (Å²) in [6.45, 7) is 2.15. The number of phenols is 1. The molecule has 36 heavy (non-hydrogen) atoms. The molecule has 1 aliphatic heterocycles. The Kier molecular flexibility index (Phi) is 7.58. The van der Waals surface area contributed by atoms with Crippen LogP contribution in [0, 0.1) is 0 Å². The molecule has 1 saturated heterocycles. The largest absolute Gasteiger partial charge is 0.508 e. The van der Waals surface area contributed by atoms with Gasteiger partial charge in [-0.25, -0.2) is 0 Å². The van der Waals surface area contributed by atoms with Crippen molar-refractivity contribution in [1.82, 2.24) is 20.4 Å². The van der Waals surface area contributed by atoms with E-state index in [9.17, 15) is 23.1 Å². The minimum atomic E-state index is -4.49. The van der Waals surface area contributed by atoms with E-state index in [1.807, 2.05) is 29.2 Å². The van der Waals surface area contributed by atoms with Gasteiger partial charge >= 0.3 is 6.18 Å². The Labute approximate surface area is 206 Å². The molecule has 1 aromatic heterocycles. The molecule has 0 aliphatic carbocycles. The van der Waals surface area contributed by atoms with E-state index < -0.39 is 18.6 Å². The highest BCUT2D eigenvalue weighted by Gasteiger charge is 2.28. The van der Waals surface area contributed by atoms with E-state index in [2.05, 4.69) is 15.1 Å². The molecular weight excluding hydrogens is 475 g/mol. The Hall–Kier alpha value is -3.86. The first kappa shape index (κ1) is 25.2. The van der Waals surface area contributed by atoms with Crippen molar-refractivity contribution in [2.45, 2.75) is 12.7 Å². The first-order chi connectivity index (χ1) is 17.2. The average Bonchev–Trinajstić information content (AvgIpc) is 2.87. The molecule has 2 N–H and O–H groups in total. The fraction of sp³-hybridized carbons (Fsp3) is 0.320. The zero-order chi connectivity index (χ0) is 25.7. The number of alkyl halides is 3. The lowest BCUT2D eigenvalue weighted by molar-refractivity contribution is -0.123. The van der Waals surface area contributed by atoms with Gasteiger partial charge in [0.2, 0.25) is 0 Å². The molecular formula is C25H26F3N5O3. The van der Waals surface area contributed by atoms with Crippen molar-refractivity contribution in [1.29, 1.82) is 0 Å². The molecule has 11 heteroatoms. The summed E-state index contributed by atoms with van der Waals surface area (Å²) in [5.41, 5.74) is 2.73. The van der Waals surface area contributed by atoms with E-state index in [0.29, 0.717) is 25.5 Å². The van der Waals surface area contributed by atoms with E-state index in [1.54, 1.807) is 36.7 Å². The van der Waals surface area contributed by atoms with Crippen LogP contribution in [0.2, 0.25) is 0 Å². The third-order valence-electron chi connectivity index (χ3n) is 5.89. The topological polar surface area (TPSA) is 90.8 Å². The third kappa shape index (κ3) is 6.42. The molecule has 2 heterocycles. The Morgan fingerprint density at radius 1 is 1.03 bits per heavy atom. The number of halogens is 3. The summed E-state index contributed by atoms with van der Waals surface area (Å²) >= 11 is 0. The van der Waals surface area contributed by atoms with Crippen molar-refractivity contribution >= 4 is 11.7 Å². The highest BCUT2D eigenvalue weighted by molar-refractivity contribution is 5.92. The Balaban J connectivity index is 1.33. The average molecular weight is 502 g/mol. The molecule has 1 aliphatic rings. The van der Waals surface area contributed by atoms with Gasteiger partial charge in [0, 0.05) is 38.3 Å². The molecule has 3 aromatic rings. The normalized spacial score (nSPS) is 14.5. The third-order valence-corrected chi connectivity index (χ3v) is 5.89. The Morgan fingerprint density at radius 3 is 2.42 bits per heavy atom. The lowest BCUT2D eigenvalue weighted by atomic mass is 10.0. The molecule has 1 amide bonds. The van der Waals surface area contributed by atoms with Crippen LogP contribution in [0.5, 0.6) is 11.5 Å². The van der Waals surface area contributed by atoms with Crippen LogP contribution in [0.1, 0.15) is 16.1 Å². The summed E-state index contributed by atoms with van der Waals surface area (Å²) in [5.74, 6) is 0.622. The SMILES string of the molecule is COc1cc(-c2cccc(O)c2)ccc1CN1CCN(c2ccc(C(=O)NCC(F)(F)F)nn2)CC1. The number of nitrogens with zero attached hydrogens (tertiary/aromatic N) is 4. The number of carbonyl (C=O) groups is 1. The van der Waals surface area contributed by atoms with Gasteiger partial charge in [0.1, 0.15) is 18.0 Å². The number of hydrogen-bond acceptors (Lipinski definition) is 7. The summed E-state index contributed by atoms with van der Waals surface area (Å²) in [6, 6.07) is 16.0. The van der Waals surface area contributed by atoms with Crippen molar-refractivity contribution in [2.24, 2.45) is 0 Å². The minimum Gasteiger partial charge on any atom is -0.508 e. The number of ether oxygens (including phenoxy) is 1. The lowest BCUT2D eigenvalue weighted by Crippen LogP contribution is -2.46. The number of piperazine rings is 1. The minimum absolute atomic E-state index is 0.164. The number of aromatic hydroxyl groups is 1. The van der Waals surface area contributed by atoms with Gasteiger partial charge in [-0.1, -0.05) is 24.3 Å². The van der Waals surface area contributed by atoms with Crippen LogP contribution >= 0.6 is 0 Å². The summed E-state index contributed by atoms with van der Waals surface area (Å²) in [7, 11) is 1.63. The molecule has 0 radical (unpaired) electrons. The van der Waals surface area contributed by atoms with E-state index in [4.69, 9.17) is 4.74 Å². The molecule has 0 bridgehead atoms. The van der Waals surface area contributed by atoms with Crippen molar-refractivity contribution in [3.63, 3.8) is 0 Å². The Morgan fingerprint density at radius 2 is 1.78 bits per heavy atom. The molecule has 0 spiro atoms. The fourth-order valence-electron chi connectivity index (χ4n) is 4.00. The van der Waals surface area contributed by atoms with Gasteiger partial charge in [0.25, 0.3) is 5.91 Å². The maximum Gasteiger partial charge on any atom is 0.405 e. The van der Waals surface area contributed by atoms with Gasteiger partial charge in [-0.15, -0.1) is 10.2 Å². The zero-order valence-electron chi connectivity index (χ0n) is 19.6. The maximum atomic E-state index is 12.3. The van der Waals surface area contributed by atoms with Crippen molar-refractivity contribution in [3.05, 3.63) is 65.9 Å². The maximum absolute atomic E-state index is 12.3. The van der Waals surface area contributed by atoms with Gasteiger partial charge < -0.3 is 20.1 Å². The van der Waals surface area contributed by atoms with Crippen molar-refractivity contribution in [3.8, 4) is 22.6 Å². The standard InChI is InChI=1S/C25H26F3N5O3/c1-36-22-14-18(17-3-2-4-20(34)13-17)5-6-19(22)15-32-9-11-33(12-10-32)23-8-7-21(30-31-23)24(35)29-16-25(26,27)28/h2-8,13-14,34H,9-12,15-16H2,1H3,(H,29,35). The second-order valence-electron chi connectivity index (χ2n) is 8.41. The van der Waals surface area contributed by atoms with Crippen LogP contribution in [-0.4, -0.2) is 72.1 Å². The number of nitrogens with one attached hydrogen (secondary N) is 1. The number of anilines is 1. The second kappa shape index (κ2) is 10.8. The van der Waals surface area contributed by atoms with Gasteiger partial charge in [0.15, 0.2) is 11.5 Å². The fourth-order valence-corrected chi connectivity index (χ4v) is 4.00. The molecule has 8 nitrogen and oxygen atoms in total. The molecule has 190 valence electrons. The van der Waals surface area contributed by atoms with E-state index in [1.165, 1.54) is 6.07 Å². The summed E-state index contributed by atoms with van der Waals surface area (Å²) in [5, 5.41) is 19.4. The molecule has 4 rings (SSSR count). The number of carbonyl (C=O) groups excluding carboxylic acids is 1. The molecule has 0 atom stereocenters. The highest BCUT2D eigenvalue weighted by atomic mass is 19.4. The first-order valence-electron chi connectivity index (χ1n) is 11.3. The predicted molar refractivity (Wildman–Crippen MR) is 128 cm³/mol. The highest BCUT2D eigenvalue weighted by Crippen LogP contribution is 2.30. The molecule has 1 fully saturated rings. The summed E-state index contributed by atoms with van der Waals surface area (Å²) < 4.78 is 42.4. The quantitative estimate of drug-likeness (QED) is 0.512. The van der Waals surface area contributed by atoms with Crippen LogP contribution in [0.15, 0.2) is 54.6 Å². The number of phenolic OH excluding ortho intramolecular Hbond substituents is 1. The van der Waals surface area contributed by atoms with Crippen LogP contribution in [0.3, 0.4) is 0 Å². The van der Waals surface area contributed by atoms with E-state index in [0.717, 1.165) is 35.5 Å².